The number of carbonyl (C=O) groups excluding carboxylic acids is 1. The van der Waals surface area contributed by atoms with Crippen LogP contribution in [0.2, 0.25) is 0 Å². The number of fused-ring (bicyclic) bond motifs is 1. The van der Waals surface area contributed by atoms with E-state index in [1.54, 1.807) is 12.1 Å². The lowest BCUT2D eigenvalue weighted by Crippen LogP contribution is -2.48. The second-order valence-corrected chi connectivity index (χ2v) is 7.10. The summed E-state index contributed by atoms with van der Waals surface area (Å²) in [5.74, 6) is -0.240. The Morgan fingerprint density at radius 1 is 1.19 bits per heavy atom. The minimum atomic E-state index is -0.240. The van der Waals surface area contributed by atoms with Crippen LogP contribution in [0.5, 0.6) is 0 Å². The molecule has 0 aromatic heterocycles. The number of amides is 2. The first-order chi connectivity index (χ1) is 13.1. The topological polar surface area (TPSA) is 35.6 Å². The highest BCUT2D eigenvalue weighted by atomic mass is 19.1. The van der Waals surface area contributed by atoms with Crippen molar-refractivity contribution >= 4 is 17.4 Å². The summed E-state index contributed by atoms with van der Waals surface area (Å²) in [5.41, 5.74) is 3.21. The van der Waals surface area contributed by atoms with Crippen molar-refractivity contribution in [3.63, 3.8) is 0 Å². The quantitative estimate of drug-likeness (QED) is 0.836. The van der Waals surface area contributed by atoms with Crippen LogP contribution in [0.15, 0.2) is 48.5 Å². The third kappa shape index (κ3) is 4.79. The molecule has 144 valence electrons. The van der Waals surface area contributed by atoms with Crippen LogP contribution in [0.4, 0.5) is 20.6 Å². The number of hydrogen-bond donors (Lipinski definition) is 1. The number of hydrogen-bond acceptors (Lipinski definition) is 2. The highest BCUT2D eigenvalue weighted by Gasteiger charge is 2.22. The normalized spacial score (nSPS) is 14.9. The van der Waals surface area contributed by atoms with Crippen molar-refractivity contribution < 1.29 is 9.18 Å². The van der Waals surface area contributed by atoms with Gasteiger partial charge in [-0.05, 0) is 69.0 Å². The van der Waals surface area contributed by atoms with Gasteiger partial charge < -0.3 is 10.2 Å². The first kappa shape index (κ1) is 19.2. The molecule has 4 nitrogen and oxygen atoms in total. The Kier molecular flexibility index (Phi) is 6.32. The largest absolute Gasteiger partial charge is 0.370 e. The number of para-hydroxylation sites is 1. The van der Waals surface area contributed by atoms with Crippen molar-refractivity contribution in [3.05, 3.63) is 59.9 Å². The molecule has 3 rings (SSSR count). The Hall–Kier alpha value is -2.56. The Morgan fingerprint density at radius 3 is 2.67 bits per heavy atom. The molecule has 0 saturated heterocycles. The molecule has 0 fully saturated rings. The summed E-state index contributed by atoms with van der Waals surface area (Å²) in [6, 6.07) is 14.6. The number of benzene rings is 2. The third-order valence-electron chi connectivity index (χ3n) is 5.04. The summed E-state index contributed by atoms with van der Waals surface area (Å²) in [7, 11) is 0. The van der Waals surface area contributed by atoms with E-state index in [1.807, 2.05) is 30.0 Å². The lowest BCUT2D eigenvalue weighted by Gasteiger charge is -2.29. The number of halogens is 1. The van der Waals surface area contributed by atoms with E-state index < -0.39 is 0 Å². The van der Waals surface area contributed by atoms with E-state index in [0.29, 0.717) is 6.54 Å². The predicted octanol–water partition coefficient (Wildman–Crippen LogP) is 4.59. The standard InChI is InChI=1S/C22H28FN3O/c1-3-25(20-13-11-19(23)12-14-20)16-17(2)24-22(27)26-15-7-6-9-18-8-4-5-10-21(18)26/h4-5,8,10-14,17H,3,6-7,9,15-16H2,1-2H3,(H,24,27)/t17-/m0/s1. The van der Waals surface area contributed by atoms with E-state index >= 15 is 0 Å². The average molecular weight is 369 g/mol. The second kappa shape index (κ2) is 8.89. The molecule has 0 saturated carbocycles. The number of nitrogens with one attached hydrogen (secondary N) is 1. The summed E-state index contributed by atoms with van der Waals surface area (Å²) in [5, 5.41) is 3.14. The molecule has 2 aromatic rings. The molecule has 2 amide bonds. The van der Waals surface area contributed by atoms with Gasteiger partial charge in [0, 0.05) is 37.1 Å². The summed E-state index contributed by atoms with van der Waals surface area (Å²) >= 11 is 0. The number of carbonyl (C=O) groups is 1. The van der Waals surface area contributed by atoms with Crippen LogP contribution >= 0.6 is 0 Å². The second-order valence-electron chi connectivity index (χ2n) is 7.10. The maximum atomic E-state index is 13.2. The molecular formula is C22H28FN3O. The van der Waals surface area contributed by atoms with Gasteiger partial charge in [0.2, 0.25) is 0 Å². The van der Waals surface area contributed by atoms with Gasteiger partial charge in [-0.15, -0.1) is 0 Å². The van der Waals surface area contributed by atoms with E-state index in [2.05, 4.69) is 23.2 Å². The summed E-state index contributed by atoms with van der Waals surface area (Å²) in [6.07, 6.45) is 3.13. The molecule has 1 atom stereocenters. The summed E-state index contributed by atoms with van der Waals surface area (Å²) in [6.45, 7) is 6.27. The molecule has 1 aliphatic heterocycles. The monoisotopic (exact) mass is 369 g/mol. The molecular weight excluding hydrogens is 341 g/mol. The molecule has 27 heavy (non-hydrogen) atoms. The molecule has 0 radical (unpaired) electrons. The van der Waals surface area contributed by atoms with Gasteiger partial charge in [0.05, 0.1) is 0 Å². The minimum absolute atomic E-state index is 0.0297. The van der Waals surface area contributed by atoms with E-state index in [9.17, 15) is 9.18 Å². The lowest BCUT2D eigenvalue weighted by molar-refractivity contribution is 0.243. The molecule has 1 aliphatic rings. The van der Waals surface area contributed by atoms with Crippen LogP contribution in [0, 0.1) is 5.82 Å². The van der Waals surface area contributed by atoms with Crippen LogP contribution in [0.3, 0.4) is 0 Å². The first-order valence-electron chi connectivity index (χ1n) is 9.75. The minimum Gasteiger partial charge on any atom is -0.370 e. The van der Waals surface area contributed by atoms with Crippen molar-refractivity contribution in [1.29, 1.82) is 0 Å². The number of anilines is 2. The molecule has 1 heterocycles. The molecule has 0 bridgehead atoms. The fourth-order valence-electron chi connectivity index (χ4n) is 3.64. The van der Waals surface area contributed by atoms with Crippen molar-refractivity contribution in [2.75, 3.05) is 29.4 Å². The number of likely N-dealkylation sites (N-methyl/N-ethyl adjacent to an activating group) is 1. The highest BCUT2D eigenvalue weighted by Crippen LogP contribution is 2.26. The fraction of sp³-hybridized carbons (Fsp3) is 0.409. The Morgan fingerprint density at radius 2 is 1.93 bits per heavy atom. The van der Waals surface area contributed by atoms with Gasteiger partial charge in [-0.3, -0.25) is 4.90 Å². The maximum absolute atomic E-state index is 13.2. The zero-order valence-corrected chi connectivity index (χ0v) is 16.1. The molecule has 0 unspecified atom stereocenters. The average Bonchev–Trinajstić information content (AvgIpc) is 2.89. The lowest BCUT2D eigenvalue weighted by atomic mass is 10.1. The van der Waals surface area contributed by atoms with Crippen LogP contribution in [0.1, 0.15) is 32.3 Å². The van der Waals surface area contributed by atoms with Crippen LogP contribution in [-0.2, 0) is 6.42 Å². The number of aryl methyl sites for hydroxylation is 1. The van der Waals surface area contributed by atoms with E-state index in [1.165, 1.54) is 17.7 Å². The number of urea groups is 1. The predicted molar refractivity (Wildman–Crippen MR) is 109 cm³/mol. The van der Waals surface area contributed by atoms with Gasteiger partial charge in [0.1, 0.15) is 5.82 Å². The van der Waals surface area contributed by atoms with Crippen LogP contribution in [0.25, 0.3) is 0 Å². The Labute approximate surface area is 161 Å². The van der Waals surface area contributed by atoms with Gasteiger partial charge in [-0.2, -0.15) is 0 Å². The van der Waals surface area contributed by atoms with E-state index in [0.717, 1.165) is 43.7 Å². The Bertz CT molecular complexity index is 762. The van der Waals surface area contributed by atoms with Crippen molar-refractivity contribution in [3.8, 4) is 0 Å². The van der Waals surface area contributed by atoms with Crippen molar-refractivity contribution in [2.24, 2.45) is 0 Å². The first-order valence-corrected chi connectivity index (χ1v) is 9.75. The van der Waals surface area contributed by atoms with Crippen molar-refractivity contribution in [1.82, 2.24) is 5.32 Å². The Balaban J connectivity index is 1.65. The summed E-state index contributed by atoms with van der Waals surface area (Å²) < 4.78 is 13.2. The number of nitrogens with zero attached hydrogens (tertiary/aromatic N) is 2. The van der Waals surface area contributed by atoms with Crippen LogP contribution in [-0.4, -0.2) is 31.7 Å². The zero-order chi connectivity index (χ0) is 19.2. The van der Waals surface area contributed by atoms with Gasteiger partial charge in [-0.25, -0.2) is 9.18 Å². The number of rotatable bonds is 5. The maximum Gasteiger partial charge on any atom is 0.322 e. The van der Waals surface area contributed by atoms with E-state index in [-0.39, 0.29) is 17.9 Å². The van der Waals surface area contributed by atoms with E-state index in [4.69, 9.17) is 0 Å². The van der Waals surface area contributed by atoms with Gasteiger partial charge in [0.25, 0.3) is 0 Å². The highest BCUT2D eigenvalue weighted by molar-refractivity contribution is 5.93. The van der Waals surface area contributed by atoms with Gasteiger partial charge in [-0.1, -0.05) is 18.2 Å². The fourth-order valence-corrected chi connectivity index (χ4v) is 3.64. The molecule has 5 heteroatoms. The van der Waals surface area contributed by atoms with Crippen molar-refractivity contribution in [2.45, 2.75) is 39.2 Å². The summed E-state index contributed by atoms with van der Waals surface area (Å²) in [4.78, 5) is 16.9. The van der Waals surface area contributed by atoms with Gasteiger partial charge >= 0.3 is 6.03 Å². The third-order valence-corrected chi connectivity index (χ3v) is 5.04. The molecule has 0 aliphatic carbocycles. The smallest absolute Gasteiger partial charge is 0.322 e. The SMILES string of the molecule is CCN(C[C@H](C)NC(=O)N1CCCCc2ccccc21)c1ccc(F)cc1. The van der Waals surface area contributed by atoms with Gasteiger partial charge in [0.15, 0.2) is 0 Å². The van der Waals surface area contributed by atoms with Crippen LogP contribution < -0.4 is 15.1 Å². The molecule has 0 spiro atoms. The zero-order valence-electron chi connectivity index (χ0n) is 16.1. The molecule has 2 aromatic carbocycles. The molecule has 1 N–H and O–H groups in total.